The molecule has 0 aliphatic carbocycles. The smallest absolute Gasteiger partial charge is 0.152 e. The summed E-state index contributed by atoms with van der Waals surface area (Å²) >= 11 is 6.24. The van der Waals surface area contributed by atoms with Crippen LogP contribution in [-0.4, -0.2) is 29.5 Å². The first-order chi connectivity index (χ1) is 9.37. The summed E-state index contributed by atoms with van der Waals surface area (Å²) < 4.78 is 25.5. The van der Waals surface area contributed by atoms with E-state index in [1.54, 1.807) is 0 Å². The molecule has 1 fully saturated rings. The second-order valence-corrected chi connectivity index (χ2v) is 8.39. The summed E-state index contributed by atoms with van der Waals surface area (Å²) in [5.74, 6) is 1.19. The SMILES string of the molecule is Cc1ccc2c(c1)nc(C(C)Cl)n2C1CCS(=O)(=O)C1. The van der Waals surface area contributed by atoms with Gasteiger partial charge in [-0.15, -0.1) is 11.6 Å². The fourth-order valence-electron chi connectivity index (χ4n) is 2.87. The largest absolute Gasteiger partial charge is 0.323 e. The third-order valence-electron chi connectivity index (χ3n) is 3.80. The molecule has 0 N–H and O–H groups in total. The summed E-state index contributed by atoms with van der Waals surface area (Å²) in [6.07, 6.45) is 0.637. The lowest BCUT2D eigenvalue weighted by atomic mass is 10.2. The van der Waals surface area contributed by atoms with Crippen LogP contribution in [0.5, 0.6) is 0 Å². The van der Waals surface area contributed by atoms with Crippen LogP contribution >= 0.6 is 11.6 Å². The van der Waals surface area contributed by atoms with Crippen molar-refractivity contribution in [3.63, 3.8) is 0 Å². The molecule has 6 heteroatoms. The van der Waals surface area contributed by atoms with Gasteiger partial charge in [0.2, 0.25) is 0 Å². The number of nitrogens with zero attached hydrogens (tertiary/aromatic N) is 2. The Kier molecular flexibility index (Phi) is 3.29. The Labute approximate surface area is 123 Å². The lowest BCUT2D eigenvalue weighted by Gasteiger charge is -2.16. The number of sulfone groups is 1. The molecule has 2 atom stereocenters. The number of alkyl halides is 1. The standard InChI is InChI=1S/C14H17ClN2O2S/c1-9-3-4-13-12(7-9)16-14(10(2)15)17(13)11-5-6-20(18,19)8-11/h3-4,7,10-11H,5-6,8H2,1-2H3. The van der Waals surface area contributed by atoms with Gasteiger partial charge in [0, 0.05) is 0 Å². The molecule has 0 saturated carbocycles. The van der Waals surface area contributed by atoms with Crippen LogP contribution in [0, 0.1) is 6.92 Å². The van der Waals surface area contributed by atoms with Crippen molar-refractivity contribution in [2.24, 2.45) is 0 Å². The Hall–Kier alpha value is -1.07. The Morgan fingerprint density at radius 1 is 1.45 bits per heavy atom. The molecule has 20 heavy (non-hydrogen) atoms. The molecular formula is C14H17ClN2O2S. The topological polar surface area (TPSA) is 52.0 Å². The Morgan fingerprint density at radius 2 is 2.20 bits per heavy atom. The Balaban J connectivity index is 2.19. The van der Waals surface area contributed by atoms with Crippen LogP contribution in [0.1, 0.15) is 36.2 Å². The fourth-order valence-corrected chi connectivity index (χ4v) is 4.72. The molecule has 1 saturated heterocycles. The molecule has 3 rings (SSSR count). The van der Waals surface area contributed by atoms with Crippen molar-refractivity contribution in [3.05, 3.63) is 29.6 Å². The van der Waals surface area contributed by atoms with E-state index in [0.717, 1.165) is 22.4 Å². The highest BCUT2D eigenvalue weighted by molar-refractivity contribution is 7.91. The number of aryl methyl sites for hydroxylation is 1. The van der Waals surface area contributed by atoms with E-state index in [9.17, 15) is 8.42 Å². The van der Waals surface area contributed by atoms with Gasteiger partial charge in [0.25, 0.3) is 0 Å². The van der Waals surface area contributed by atoms with Gasteiger partial charge in [-0.05, 0) is 38.0 Å². The lowest BCUT2D eigenvalue weighted by molar-refractivity contribution is 0.545. The zero-order chi connectivity index (χ0) is 14.5. The van der Waals surface area contributed by atoms with Crippen LogP contribution in [0.15, 0.2) is 18.2 Å². The summed E-state index contributed by atoms with van der Waals surface area (Å²) in [5, 5.41) is -0.244. The van der Waals surface area contributed by atoms with Gasteiger partial charge >= 0.3 is 0 Å². The highest BCUT2D eigenvalue weighted by Crippen LogP contribution is 2.33. The van der Waals surface area contributed by atoms with E-state index in [2.05, 4.69) is 4.98 Å². The minimum Gasteiger partial charge on any atom is -0.323 e. The molecule has 2 heterocycles. The number of fused-ring (bicyclic) bond motifs is 1. The number of hydrogen-bond acceptors (Lipinski definition) is 3. The first kappa shape index (κ1) is 13.9. The van der Waals surface area contributed by atoms with Crippen LogP contribution < -0.4 is 0 Å². The third-order valence-corrected chi connectivity index (χ3v) is 5.75. The summed E-state index contributed by atoms with van der Waals surface area (Å²) in [4.78, 5) is 4.60. The highest BCUT2D eigenvalue weighted by atomic mass is 35.5. The van der Waals surface area contributed by atoms with Gasteiger partial charge in [-0.25, -0.2) is 13.4 Å². The molecule has 1 aliphatic heterocycles. The van der Waals surface area contributed by atoms with Crippen molar-refractivity contribution in [1.29, 1.82) is 0 Å². The maximum Gasteiger partial charge on any atom is 0.152 e. The summed E-state index contributed by atoms with van der Waals surface area (Å²) in [7, 11) is -2.93. The van der Waals surface area contributed by atoms with Crippen LogP contribution in [0.4, 0.5) is 0 Å². The van der Waals surface area contributed by atoms with Gasteiger partial charge in [-0.2, -0.15) is 0 Å². The number of aromatic nitrogens is 2. The van der Waals surface area contributed by atoms with Gasteiger partial charge in [0.1, 0.15) is 5.82 Å². The third kappa shape index (κ3) is 2.33. The van der Waals surface area contributed by atoms with E-state index in [0.29, 0.717) is 6.42 Å². The van der Waals surface area contributed by atoms with Gasteiger partial charge in [-0.3, -0.25) is 0 Å². The maximum atomic E-state index is 11.7. The first-order valence-corrected chi connectivity index (χ1v) is 8.96. The fraction of sp³-hybridized carbons (Fsp3) is 0.500. The molecule has 0 radical (unpaired) electrons. The number of benzene rings is 1. The van der Waals surface area contributed by atoms with Crippen molar-refractivity contribution in [2.75, 3.05) is 11.5 Å². The molecule has 1 aromatic heterocycles. The summed E-state index contributed by atoms with van der Waals surface area (Å²) in [5.41, 5.74) is 2.99. The van der Waals surface area contributed by atoms with Crippen molar-refractivity contribution in [1.82, 2.24) is 9.55 Å². The predicted octanol–water partition coefficient (Wildman–Crippen LogP) is 3.00. The summed E-state index contributed by atoms with van der Waals surface area (Å²) in [6.45, 7) is 3.89. The van der Waals surface area contributed by atoms with E-state index < -0.39 is 9.84 Å². The molecule has 0 bridgehead atoms. The van der Waals surface area contributed by atoms with Crippen molar-refractivity contribution in [3.8, 4) is 0 Å². The molecule has 1 aromatic carbocycles. The van der Waals surface area contributed by atoms with Crippen LogP contribution in [0.25, 0.3) is 11.0 Å². The molecular weight excluding hydrogens is 296 g/mol. The van der Waals surface area contributed by atoms with E-state index >= 15 is 0 Å². The Bertz CT molecular complexity index is 765. The van der Waals surface area contributed by atoms with Gasteiger partial charge in [-0.1, -0.05) is 6.07 Å². The van der Waals surface area contributed by atoms with E-state index in [-0.39, 0.29) is 22.9 Å². The number of rotatable bonds is 2. The van der Waals surface area contributed by atoms with Crippen molar-refractivity contribution in [2.45, 2.75) is 31.7 Å². The van der Waals surface area contributed by atoms with Crippen molar-refractivity contribution < 1.29 is 8.42 Å². The molecule has 0 amide bonds. The van der Waals surface area contributed by atoms with Gasteiger partial charge in [0.15, 0.2) is 9.84 Å². The van der Waals surface area contributed by atoms with E-state index in [1.165, 1.54) is 0 Å². The zero-order valence-corrected chi connectivity index (χ0v) is 13.1. The van der Waals surface area contributed by atoms with Crippen LogP contribution in [0.2, 0.25) is 0 Å². The quantitative estimate of drug-likeness (QED) is 0.801. The molecule has 1 aliphatic rings. The van der Waals surface area contributed by atoms with Crippen molar-refractivity contribution >= 4 is 32.5 Å². The van der Waals surface area contributed by atoms with Crippen LogP contribution in [0.3, 0.4) is 0 Å². The second kappa shape index (κ2) is 4.74. The van der Waals surface area contributed by atoms with Crippen LogP contribution in [-0.2, 0) is 9.84 Å². The monoisotopic (exact) mass is 312 g/mol. The molecule has 0 spiro atoms. The highest BCUT2D eigenvalue weighted by Gasteiger charge is 2.32. The number of halogens is 1. The van der Waals surface area contributed by atoms with E-state index in [4.69, 9.17) is 11.6 Å². The normalized spacial score (nSPS) is 23.2. The maximum absolute atomic E-state index is 11.7. The lowest BCUT2D eigenvalue weighted by Crippen LogP contribution is -2.14. The van der Waals surface area contributed by atoms with Gasteiger partial charge < -0.3 is 4.57 Å². The molecule has 108 valence electrons. The average molecular weight is 313 g/mol. The molecule has 2 aromatic rings. The van der Waals surface area contributed by atoms with E-state index in [1.807, 2.05) is 36.6 Å². The minimum absolute atomic E-state index is 0.0519. The number of imidazole rings is 1. The zero-order valence-electron chi connectivity index (χ0n) is 11.5. The molecule has 4 nitrogen and oxygen atoms in total. The number of hydrogen-bond donors (Lipinski definition) is 0. The summed E-state index contributed by atoms with van der Waals surface area (Å²) in [6, 6.07) is 5.99. The molecule has 2 unspecified atom stereocenters. The van der Waals surface area contributed by atoms with Gasteiger partial charge in [0.05, 0.1) is 34.0 Å². The second-order valence-electron chi connectivity index (χ2n) is 5.51. The first-order valence-electron chi connectivity index (χ1n) is 6.70. The minimum atomic E-state index is -2.93. The predicted molar refractivity (Wildman–Crippen MR) is 81.0 cm³/mol. The average Bonchev–Trinajstić information content (AvgIpc) is 2.88. The Morgan fingerprint density at radius 3 is 2.80 bits per heavy atom.